The maximum absolute atomic E-state index is 6.06. The third kappa shape index (κ3) is 2.16. The van der Waals surface area contributed by atoms with E-state index in [-0.39, 0.29) is 0 Å². The Balaban J connectivity index is 2.00. The van der Waals surface area contributed by atoms with Crippen molar-refractivity contribution in [2.45, 2.75) is 38.6 Å². The van der Waals surface area contributed by atoms with Crippen LogP contribution >= 0.6 is 0 Å². The van der Waals surface area contributed by atoms with Crippen molar-refractivity contribution in [2.24, 2.45) is 11.7 Å². The Kier molecular flexibility index (Phi) is 2.87. The first-order valence-corrected chi connectivity index (χ1v) is 5.57. The molecule has 1 aliphatic carbocycles. The van der Waals surface area contributed by atoms with E-state index in [1.54, 1.807) is 0 Å². The lowest BCUT2D eigenvalue weighted by Gasteiger charge is -2.15. The second-order valence-corrected chi connectivity index (χ2v) is 4.54. The molecule has 0 amide bonds. The molecule has 14 heavy (non-hydrogen) atoms. The maximum Gasteiger partial charge on any atom is 0.00703 e. The quantitative estimate of drug-likeness (QED) is 0.760. The Morgan fingerprint density at radius 3 is 2.50 bits per heavy atom. The van der Waals surface area contributed by atoms with Gasteiger partial charge in [0.2, 0.25) is 0 Å². The molecule has 0 heterocycles. The predicted octanol–water partition coefficient (Wildman–Crippen LogP) is 2.66. The van der Waals surface area contributed by atoms with Gasteiger partial charge in [0, 0.05) is 6.04 Å². The molecule has 0 aliphatic heterocycles. The van der Waals surface area contributed by atoms with E-state index in [1.807, 2.05) is 0 Å². The van der Waals surface area contributed by atoms with Crippen molar-refractivity contribution in [3.05, 3.63) is 35.4 Å². The van der Waals surface area contributed by atoms with Gasteiger partial charge in [-0.1, -0.05) is 36.2 Å². The lowest BCUT2D eigenvalue weighted by Crippen LogP contribution is -2.25. The number of rotatable bonds is 2. The average molecular weight is 189 g/mol. The zero-order chi connectivity index (χ0) is 9.97. The molecule has 0 saturated heterocycles. The van der Waals surface area contributed by atoms with Gasteiger partial charge < -0.3 is 5.73 Å². The second-order valence-electron chi connectivity index (χ2n) is 4.54. The summed E-state index contributed by atoms with van der Waals surface area (Å²) in [4.78, 5) is 0. The summed E-state index contributed by atoms with van der Waals surface area (Å²) in [6.45, 7) is 2.13. The van der Waals surface area contributed by atoms with Crippen LogP contribution in [0.5, 0.6) is 0 Å². The number of aryl methyl sites for hydroxylation is 1. The van der Waals surface area contributed by atoms with Gasteiger partial charge in [-0.05, 0) is 37.7 Å². The fourth-order valence-electron chi connectivity index (χ4n) is 2.35. The van der Waals surface area contributed by atoms with Gasteiger partial charge in [-0.3, -0.25) is 0 Å². The second kappa shape index (κ2) is 4.14. The summed E-state index contributed by atoms with van der Waals surface area (Å²) in [6.07, 6.45) is 5.02. The molecule has 1 aromatic rings. The van der Waals surface area contributed by atoms with Gasteiger partial charge >= 0.3 is 0 Å². The molecule has 2 N–H and O–H groups in total. The molecule has 0 spiro atoms. The van der Waals surface area contributed by atoms with E-state index in [0.717, 1.165) is 5.92 Å². The molecule has 1 saturated carbocycles. The van der Waals surface area contributed by atoms with Crippen LogP contribution in [0.25, 0.3) is 0 Å². The Labute approximate surface area is 86.3 Å². The highest BCUT2D eigenvalue weighted by atomic mass is 14.7. The highest BCUT2D eigenvalue weighted by molar-refractivity contribution is 5.22. The summed E-state index contributed by atoms with van der Waals surface area (Å²) in [7, 11) is 0. The van der Waals surface area contributed by atoms with Gasteiger partial charge in [0.25, 0.3) is 0 Å². The van der Waals surface area contributed by atoms with Crippen molar-refractivity contribution in [2.75, 3.05) is 0 Å². The highest BCUT2D eigenvalue weighted by Gasteiger charge is 2.23. The van der Waals surface area contributed by atoms with Crippen LogP contribution in [-0.4, -0.2) is 6.04 Å². The molecule has 1 nitrogen and oxygen atoms in total. The van der Waals surface area contributed by atoms with Gasteiger partial charge in [0.05, 0.1) is 0 Å². The maximum atomic E-state index is 6.06. The van der Waals surface area contributed by atoms with Crippen LogP contribution in [0.3, 0.4) is 0 Å². The van der Waals surface area contributed by atoms with E-state index < -0.39 is 0 Å². The van der Waals surface area contributed by atoms with Crippen LogP contribution in [0, 0.1) is 12.8 Å². The van der Waals surface area contributed by atoms with E-state index in [2.05, 4.69) is 31.2 Å². The smallest absolute Gasteiger partial charge is 0.00703 e. The van der Waals surface area contributed by atoms with Crippen LogP contribution in [-0.2, 0) is 6.42 Å². The molecule has 0 bridgehead atoms. The normalized spacial score (nSPS) is 26.7. The van der Waals surface area contributed by atoms with Crippen LogP contribution < -0.4 is 5.73 Å². The first kappa shape index (κ1) is 9.72. The van der Waals surface area contributed by atoms with Gasteiger partial charge in [-0.15, -0.1) is 0 Å². The Morgan fingerprint density at radius 1 is 1.21 bits per heavy atom. The Bertz CT molecular complexity index is 289. The highest BCUT2D eigenvalue weighted by Crippen LogP contribution is 2.27. The number of hydrogen-bond donors (Lipinski definition) is 1. The van der Waals surface area contributed by atoms with Crippen LogP contribution in [0.1, 0.15) is 30.4 Å². The summed E-state index contributed by atoms with van der Waals surface area (Å²) in [5.74, 6) is 0.720. The van der Waals surface area contributed by atoms with E-state index in [9.17, 15) is 0 Å². The first-order valence-electron chi connectivity index (χ1n) is 5.57. The summed E-state index contributed by atoms with van der Waals surface area (Å²) in [6, 6.07) is 9.29. The largest absolute Gasteiger partial charge is 0.327 e. The van der Waals surface area contributed by atoms with Gasteiger partial charge in [0.15, 0.2) is 0 Å². The van der Waals surface area contributed by atoms with Crippen LogP contribution in [0.2, 0.25) is 0 Å². The minimum atomic E-state index is 0.441. The van der Waals surface area contributed by atoms with Crippen molar-refractivity contribution in [1.29, 1.82) is 0 Å². The van der Waals surface area contributed by atoms with Gasteiger partial charge in [-0.2, -0.15) is 0 Å². The average Bonchev–Trinajstić information content (AvgIpc) is 2.56. The number of hydrogen-bond acceptors (Lipinski definition) is 1. The number of nitrogens with two attached hydrogens (primary N) is 1. The molecule has 2 unspecified atom stereocenters. The Hall–Kier alpha value is -0.820. The third-order valence-electron chi connectivity index (χ3n) is 3.34. The van der Waals surface area contributed by atoms with Gasteiger partial charge in [-0.25, -0.2) is 0 Å². The molecular weight excluding hydrogens is 170 g/mol. The van der Waals surface area contributed by atoms with E-state index >= 15 is 0 Å². The van der Waals surface area contributed by atoms with Crippen molar-refractivity contribution in [3.63, 3.8) is 0 Å². The van der Waals surface area contributed by atoms with Crippen molar-refractivity contribution in [3.8, 4) is 0 Å². The molecule has 2 atom stereocenters. The van der Waals surface area contributed by atoms with E-state index in [1.165, 1.54) is 36.8 Å². The summed E-state index contributed by atoms with van der Waals surface area (Å²) in [5.41, 5.74) is 8.84. The van der Waals surface area contributed by atoms with E-state index in [4.69, 9.17) is 5.73 Å². The molecule has 0 radical (unpaired) electrons. The third-order valence-corrected chi connectivity index (χ3v) is 3.34. The summed E-state index contributed by atoms with van der Waals surface area (Å²) in [5, 5.41) is 0. The standard InChI is InChI=1S/C13H19N/c1-10-5-7-11(8-6-10)9-12-3-2-4-13(12)14/h5-8,12-13H,2-4,9,14H2,1H3. The minimum absolute atomic E-state index is 0.441. The zero-order valence-electron chi connectivity index (χ0n) is 8.87. The molecule has 1 aromatic carbocycles. The minimum Gasteiger partial charge on any atom is -0.327 e. The topological polar surface area (TPSA) is 26.0 Å². The molecule has 2 rings (SSSR count). The fourth-order valence-corrected chi connectivity index (χ4v) is 2.35. The zero-order valence-corrected chi connectivity index (χ0v) is 8.87. The molecule has 1 aliphatic rings. The Morgan fingerprint density at radius 2 is 1.93 bits per heavy atom. The number of benzene rings is 1. The lowest BCUT2D eigenvalue weighted by atomic mass is 9.95. The van der Waals surface area contributed by atoms with Crippen molar-refractivity contribution >= 4 is 0 Å². The molecule has 0 aromatic heterocycles. The summed E-state index contributed by atoms with van der Waals surface area (Å²) >= 11 is 0. The van der Waals surface area contributed by atoms with Crippen molar-refractivity contribution < 1.29 is 0 Å². The monoisotopic (exact) mass is 189 g/mol. The van der Waals surface area contributed by atoms with Gasteiger partial charge in [0.1, 0.15) is 0 Å². The molecular formula is C13H19N. The summed E-state index contributed by atoms with van der Waals surface area (Å²) < 4.78 is 0. The fraction of sp³-hybridized carbons (Fsp3) is 0.538. The SMILES string of the molecule is Cc1ccc(CC2CCCC2N)cc1. The molecule has 76 valence electrons. The predicted molar refractivity (Wildman–Crippen MR) is 60.2 cm³/mol. The van der Waals surface area contributed by atoms with E-state index in [0.29, 0.717) is 6.04 Å². The first-order chi connectivity index (χ1) is 6.75. The van der Waals surface area contributed by atoms with Crippen LogP contribution in [0.4, 0.5) is 0 Å². The molecule has 1 heteroatoms. The molecule has 1 fully saturated rings. The van der Waals surface area contributed by atoms with Crippen molar-refractivity contribution in [1.82, 2.24) is 0 Å². The van der Waals surface area contributed by atoms with Crippen LogP contribution in [0.15, 0.2) is 24.3 Å². The lowest BCUT2D eigenvalue weighted by molar-refractivity contribution is 0.479.